The minimum Gasteiger partial charge on any atom is -0.507 e. The summed E-state index contributed by atoms with van der Waals surface area (Å²) in [5.74, 6) is 0.350. The van der Waals surface area contributed by atoms with Crippen LogP contribution in [0.2, 0.25) is 0 Å². The van der Waals surface area contributed by atoms with Gasteiger partial charge in [-0.3, -0.25) is 0 Å². The first-order valence-corrected chi connectivity index (χ1v) is 5.07. The van der Waals surface area contributed by atoms with Crippen LogP contribution in [0.1, 0.15) is 13.3 Å². The molecule has 0 radical (unpaired) electrons. The third-order valence-corrected chi connectivity index (χ3v) is 1.99. The Morgan fingerprint density at radius 1 is 1.00 bits per heavy atom. The van der Waals surface area contributed by atoms with E-state index in [-0.39, 0.29) is 0 Å². The van der Waals surface area contributed by atoms with Crippen LogP contribution in [0.3, 0.4) is 0 Å². The van der Waals surface area contributed by atoms with Gasteiger partial charge >= 0.3 is 0 Å². The summed E-state index contributed by atoms with van der Waals surface area (Å²) in [4.78, 5) is 0. The maximum Gasteiger partial charge on any atom is 0.123 e. The van der Waals surface area contributed by atoms with Crippen molar-refractivity contribution in [3.05, 3.63) is 42.5 Å². The van der Waals surface area contributed by atoms with Gasteiger partial charge in [0.15, 0.2) is 0 Å². The summed E-state index contributed by atoms with van der Waals surface area (Å²) in [7, 11) is 0. The Morgan fingerprint density at radius 3 is 2.20 bits per heavy atom. The molecule has 0 aliphatic heterocycles. The van der Waals surface area contributed by atoms with Gasteiger partial charge in [0.25, 0.3) is 0 Å². The Bertz CT molecular complexity index is 403. The average molecular weight is 204 g/mol. The van der Waals surface area contributed by atoms with Crippen LogP contribution in [0, 0.1) is 0 Å². The maximum atomic E-state index is 9.37. The summed E-state index contributed by atoms with van der Waals surface area (Å²) in [6.07, 6.45) is 0.875. The number of hydrogen-bond acceptors (Lipinski definition) is 2. The van der Waals surface area contributed by atoms with Crippen molar-refractivity contribution in [2.75, 3.05) is 6.61 Å². The molecule has 0 spiro atoms. The number of aliphatic hydroxyl groups is 1. The quantitative estimate of drug-likeness (QED) is 0.749. The largest absolute Gasteiger partial charge is 0.507 e. The van der Waals surface area contributed by atoms with Crippen LogP contribution in [0.25, 0.3) is 10.8 Å². The Balaban J connectivity index is 0.000000245. The predicted octanol–water partition coefficient (Wildman–Crippen LogP) is 2.93. The van der Waals surface area contributed by atoms with Crippen molar-refractivity contribution in [1.82, 2.24) is 0 Å². The van der Waals surface area contributed by atoms with E-state index in [2.05, 4.69) is 0 Å². The highest BCUT2D eigenvalue weighted by molar-refractivity contribution is 5.87. The fraction of sp³-hybridized carbons (Fsp3) is 0.231. The van der Waals surface area contributed by atoms with Gasteiger partial charge < -0.3 is 10.2 Å². The van der Waals surface area contributed by atoms with Crippen LogP contribution < -0.4 is 0 Å². The summed E-state index contributed by atoms with van der Waals surface area (Å²) in [6.45, 7) is 2.25. The summed E-state index contributed by atoms with van der Waals surface area (Å²) < 4.78 is 0. The van der Waals surface area contributed by atoms with Crippen LogP contribution in [0.4, 0.5) is 0 Å². The fourth-order valence-corrected chi connectivity index (χ4v) is 1.21. The molecule has 2 nitrogen and oxygen atoms in total. The lowest BCUT2D eigenvalue weighted by molar-refractivity contribution is 0.295. The molecule has 0 fully saturated rings. The lowest BCUT2D eigenvalue weighted by Crippen LogP contribution is -1.70. The topological polar surface area (TPSA) is 40.5 Å². The van der Waals surface area contributed by atoms with Gasteiger partial charge in [-0.05, 0) is 17.9 Å². The Labute approximate surface area is 89.8 Å². The molecule has 0 heterocycles. The summed E-state index contributed by atoms with van der Waals surface area (Å²) >= 11 is 0. The zero-order valence-corrected chi connectivity index (χ0v) is 8.85. The monoisotopic (exact) mass is 204 g/mol. The van der Waals surface area contributed by atoms with E-state index in [4.69, 9.17) is 5.11 Å². The third kappa shape index (κ3) is 3.26. The molecule has 80 valence electrons. The molecule has 0 aliphatic rings. The minimum atomic E-state index is 0.319. The normalized spacial score (nSPS) is 9.47. The Hall–Kier alpha value is -1.54. The smallest absolute Gasteiger partial charge is 0.123 e. The minimum absolute atomic E-state index is 0.319. The summed E-state index contributed by atoms with van der Waals surface area (Å²) in [5, 5.41) is 19.2. The number of phenolic OH excluding ortho intramolecular Hbond substituents is 1. The van der Waals surface area contributed by atoms with Crippen LogP contribution in [-0.4, -0.2) is 16.8 Å². The van der Waals surface area contributed by atoms with Gasteiger partial charge in [-0.15, -0.1) is 0 Å². The van der Waals surface area contributed by atoms with Crippen molar-refractivity contribution in [2.45, 2.75) is 13.3 Å². The van der Waals surface area contributed by atoms with Crippen molar-refractivity contribution < 1.29 is 10.2 Å². The van der Waals surface area contributed by atoms with Crippen molar-refractivity contribution in [3.8, 4) is 5.75 Å². The molecule has 0 saturated carbocycles. The number of benzene rings is 2. The second kappa shape index (κ2) is 6.04. The van der Waals surface area contributed by atoms with Crippen LogP contribution in [0.5, 0.6) is 5.75 Å². The molecule has 0 atom stereocenters. The average Bonchev–Trinajstić information content (AvgIpc) is 2.30. The molecule has 0 aliphatic carbocycles. The van der Waals surface area contributed by atoms with E-state index in [0.717, 1.165) is 17.2 Å². The molecule has 2 rings (SSSR count). The zero-order valence-electron chi connectivity index (χ0n) is 8.85. The van der Waals surface area contributed by atoms with E-state index in [1.807, 2.05) is 43.3 Å². The third-order valence-electron chi connectivity index (χ3n) is 1.99. The van der Waals surface area contributed by atoms with Crippen molar-refractivity contribution in [1.29, 1.82) is 0 Å². The first kappa shape index (κ1) is 11.5. The molecule has 2 aromatic carbocycles. The number of aromatic hydroxyl groups is 1. The van der Waals surface area contributed by atoms with Crippen molar-refractivity contribution in [2.24, 2.45) is 0 Å². The lowest BCUT2D eigenvalue weighted by Gasteiger charge is -1.97. The lowest BCUT2D eigenvalue weighted by atomic mass is 10.1. The van der Waals surface area contributed by atoms with Crippen LogP contribution in [-0.2, 0) is 0 Å². The highest BCUT2D eigenvalue weighted by Crippen LogP contribution is 2.22. The SMILES string of the molecule is CCCO.Oc1cccc2ccccc12. The number of aliphatic hydroxyl groups excluding tert-OH is 1. The molecular weight excluding hydrogens is 188 g/mol. The van der Waals surface area contributed by atoms with E-state index in [1.54, 1.807) is 6.07 Å². The number of phenols is 1. The van der Waals surface area contributed by atoms with Crippen LogP contribution >= 0.6 is 0 Å². The van der Waals surface area contributed by atoms with Gasteiger partial charge in [-0.2, -0.15) is 0 Å². The first-order valence-electron chi connectivity index (χ1n) is 5.07. The van der Waals surface area contributed by atoms with E-state index in [9.17, 15) is 5.11 Å². The maximum absolute atomic E-state index is 9.37. The molecule has 0 unspecified atom stereocenters. The van der Waals surface area contributed by atoms with E-state index >= 15 is 0 Å². The summed E-state index contributed by atoms with van der Waals surface area (Å²) in [5.41, 5.74) is 0. The van der Waals surface area contributed by atoms with Gasteiger partial charge in [0.1, 0.15) is 5.75 Å². The highest BCUT2D eigenvalue weighted by Gasteiger charge is 1.94. The number of fused-ring (bicyclic) bond motifs is 1. The van der Waals surface area contributed by atoms with Gasteiger partial charge in [0.2, 0.25) is 0 Å². The fourth-order valence-electron chi connectivity index (χ4n) is 1.21. The molecule has 0 amide bonds. The molecule has 15 heavy (non-hydrogen) atoms. The molecule has 2 N–H and O–H groups in total. The van der Waals surface area contributed by atoms with Gasteiger partial charge in [0, 0.05) is 12.0 Å². The summed E-state index contributed by atoms with van der Waals surface area (Å²) in [6, 6.07) is 13.3. The Morgan fingerprint density at radius 2 is 1.60 bits per heavy atom. The van der Waals surface area contributed by atoms with Gasteiger partial charge in [-0.1, -0.05) is 43.3 Å². The standard InChI is InChI=1S/C10H8O.C3H8O/c11-10-7-3-5-8-4-1-2-6-9(8)10;1-2-3-4/h1-7,11H;4H,2-3H2,1H3. The molecule has 0 bridgehead atoms. The molecular formula is C13H16O2. The van der Waals surface area contributed by atoms with Crippen molar-refractivity contribution >= 4 is 10.8 Å². The first-order chi connectivity index (χ1) is 7.29. The molecule has 0 saturated heterocycles. The van der Waals surface area contributed by atoms with Gasteiger partial charge in [-0.25, -0.2) is 0 Å². The second-order valence-electron chi connectivity index (χ2n) is 3.22. The number of hydrogen-bond donors (Lipinski definition) is 2. The molecule has 2 heteroatoms. The van der Waals surface area contributed by atoms with E-state index in [0.29, 0.717) is 12.4 Å². The highest BCUT2D eigenvalue weighted by atomic mass is 16.3. The Kier molecular flexibility index (Phi) is 4.64. The second-order valence-corrected chi connectivity index (χ2v) is 3.22. The van der Waals surface area contributed by atoms with Crippen LogP contribution in [0.15, 0.2) is 42.5 Å². The zero-order chi connectivity index (χ0) is 11.1. The van der Waals surface area contributed by atoms with E-state index in [1.165, 1.54) is 0 Å². The molecule has 2 aromatic rings. The van der Waals surface area contributed by atoms with E-state index < -0.39 is 0 Å². The van der Waals surface area contributed by atoms with Gasteiger partial charge in [0.05, 0.1) is 0 Å². The molecule has 0 aromatic heterocycles. The van der Waals surface area contributed by atoms with Crippen molar-refractivity contribution in [3.63, 3.8) is 0 Å². The number of rotatable bonds is 1. The predicted molar refractivity (Wildman–Crippen MR) is 63.0 cm³/mol.